The zero-order valence-electron chi connectivity index (χ0n) is 29.2. The van der Waals surface area contributed by atoms with E-state index in [0.717, 1.165) is 65.9 Å². The van der Waals surface area contributed by atoms with Gasteiger partial charge in [0.15, 0.2) is 0 Å². The van der Waals surface area contributed by atoms with Crippen LogP contribution >= 0.6 is 0 Å². The molecule has 1 aromatic heterocycles. The summed E-state index contributed by atoms with van der Waals surface area (Å²) in [5.41, 5.74) is 5.18. The molecule has 50 heavy (non-hydrogen) atoms. The van der Waals surface area contributed by atoms with Gasteiger partial charge in [0.1, 0.15) is 18.2 Å². The molecule has 0 unspecified atom stereocenters. The molecular formula is C41H46N4O5. The molecule has 1 heterocycles. The van der Waals surface area contributed by atoms with Gasteiger partial charge in [-0.05, 0) is 77.9 Å². The van der Waals surface area contributed by atoms with Crippen molar-refractivity contribution in [3.63, 3.8) is 0 Å². The van der Waals surface area contributed by atoms with Crippen molar-refractivity contribution in [1.82, 2.24) is 14.5 Å². The third-order valence-electron chi connectivity index (χ3n) is 8.62. The molecule has 5 aromatic rings. The quantitative estimate of drug-likeness (QED) is 0.109. The summed E-state index contributed by atoms with van der Waals surface area (Å²) in [5.74, 6) is 0.538. The van der Waals surface area contributed by atoms with Crippen LogP contribution in [0.2, 0.25) is 0 Å². The molecule has 0 bridgehead atoms. The smallest absolute Gasteiger partial charge is 0.335 e. The SMILES string of the molecule is CCCCc1nc2ccc(NC(=O)N(CCC)Cc3ccccc3)cc2c(=O)n1Cc1ccc(OCc2ccc(C(=O)O)cc2)c(CCC)c1. The van der Waals surface area contributed by atoms with Crippen LogP contribution in [-0.4, -0.2) is 38.1 Å². The first-order valence-corrected chi connectivity index (χ1v) is 17.5. The molecule has 5 rings (SSSR count). The largest absolute Gasteiger partial charge is 0.489 e. The fraction of sp³-hybridized carbons (Fsp3) is 0.317. The Hall–Kier alpha value is -5.44. The van der Waals surface area contributed by atoms with Crippen LogP contribution in [0.3, 0.4) is 0 Å². The topological polar surface area (TPSA) is 114 Å². The number of ether oxygens (including phenoxy) is 1. The highest BCUT2D eigenvalue weighted by Crippen LogP contribution is 2.25. The van der Waals surface area contributed by atoms with E-state index in [0.29, 0.717) is 49.3 Å². The molecule has 4 aromatic carbocycles. The number of urea groups is 1. The number of rotatable bonds is 16. The molecular weight excluding hydrogens is 628 g/mol. The van der Waals surface area contributed by atoms with Gasteiger partial charge in [-0.3, -0.25) is 9.36 Å². The van der Waals surface area contributed by atoms with Crippen molar-refractivity contribution < 1.29 is 19.4 Å². The molecule has 0 radical (unpaired) electrons. The highest BCUT2D eigenvalue weighted by Gasteiger charge is 2.17. The standard InChI is InChI=1S/C41H46N4O5/c1-4-7-14-38-43-36-21-20-34(42-41(49)44(23-6-3)26-29-12-9-8-10-13-29)25-35(36)39(46)45(38)27-31-17-22-37(33(24-31)11-5-2)50-28-30-15-18-32(19-16-30)40(47)48/h8-10,12-13,15-22,24-25H,4-7,11,14,23,26-28H2,1-3H3,(H,42,49)(H,47,48). The van der Waals surface area contributed by atoms with Gasteiger partial charge in [-0.25, -0.2) is 14.6 Å². The molecule has 0 aliphatic carbocycles. The number of aryl methyl sites for hydroxylation is 2. The minimum Gasteiger partial charge on any atom is -0.489 e. The number of carbonyl (C=O) groups excluding carboxylic acids is 1. The Kier molecular flexibility index (Phi) is 12.4. The van der Waals surface area contributed by atoms with Crippen molar-refractivity contribution in [3.05, 3.63) is 135 Å². The van der Waals surface area contributed by atoms with Crippen molar-refractivity contribution in [1.29, 1.82) is 0 Å². The number of aromatic nitrogens is 2. The maximum atomic E-state index is 14.2. The minimum atomic E-state index is -0.961. The molecule has 9 nitrogen and oxygen atoms in total. The van der Waals surface area contributed by atoms with E-state index in [-0.39, 0.29) is 17.2 Å². The zero-order valence-corrected chi connectivity index (χ0v) is 29.2. The molecule has 0 fully saturated rings. The average Bonchev–Trinajstić information content (AvgIpc) is 3.12. The minimum absolute atomic E-state index is 0.144. The number of hydrogen-bond acceptors (Lipinski definition) is 5. The summed E-state index contributed by atoms with van der Waals surface area (Å²) >= 11 is 0. The number of carbonyl (C=O) groups is 2. The molecule has 2 N–H and O–H groups in total. The molecule has 260 valence electrons. The van der Waals surface area contributed by atoms with Crippen molar-refractivity contribution in [2.24, 2.45) is 0 Å². The summed E-state index contributed by atoms with van der Waals surface area (Å²) in [5, 5.41) is 12.7. The van der Waals surface area contributed by atoms with Gasteiger partial charge in [0.2, 0.25) is 0 Å². The van der Waals surface area contributed by atoms with E-state index >= 15 is 0 Å². The Morgan fingerprint density at radius 2 is 1.60 bits per heavy atom. The normalized spacial score (nSPS) is 11.0. The number of carboxylic acids is 1. The van der Waals surface area contributed by atoms with Crippen molar-refractivity contribution in [3.8, 4) is 5.75 Å². The molecule has 9 heteroatoms. The van der Waals surface area contributed by atoms with Crippen LogP contribution in [-0.2, 0) is 32.5 Å². The van der Waals surface area contributed by atoms with Crippen LogP contribution in [0.25, 0.3) is 10.9 Å². The maximum absolute atomic E-state index is 14.2. The van der Waals surface area contributed by atoms with Crippen LogP contribution in [0.4, 0.5) is 10.5 Å². The van der Waals surface area contributed by atoms with Gasteiger partial charge in [-0.2, -0.15) is 0 Å². The van der Waals surface area contributed by atoms with Gasteiger partial charge in [0.25, 0.3) is 5.56 Å². The second kappa shape index (κ2) is 17.3. The van der Waals surface area contributed by atoms with E-state index in [4.69, 9.17) is 9.72 Å². The highest BCUT2D eigenvalue weighted by molar-refractivity contribution is 5.92. The maximum Gasteiger partial charge on any atom is 0.335 e. The second-order valence-electron chi connectivity index (χ2n) is 12.6. The molecule has 0 aliphatic rings. The van der Waals surface area contributed by atoms with Crippen LogP contribution in [0.1, 0.15) is 84.9 Å². The predicted molar refractivity (Wildman–Crippen MR) is 198 cm³/mol. The number of anilines is 1. The summed E-state index contributed by atoms with van der Waals surface area (Å²) in [4.78, 5) is 45.5. The number of carboxylic acid groups (broad SMARTS) is 1. The predicted octanol–water partition coefficient (Wildman–Crippen LogP) is 8.46. The lowest BCUT2D eigenvalue weighted by Gasteiger charge is -2.23. The second-order valence-corrected chi connectivity index (χ2v) is 12.6. The van der Waals surface area contributed by atoms with E-state index in [9.17, 15) is 19.5 Å². The number of nitrogens with one attached hydrogen (secondary N) is 1. The number of hydrogen-bond donors (Lipinski definition) is 2. The van der Waals surface area contributed by atoms with Crippen LogP contribution < -0.4 is 15.6 Å². The Morgan fingerprint density at radius 1 is 0.840 bits per heavy atom. The summed E-state index contributed by atoms with van der Waals surface area (Å²) in [6.07, 6.45) is 5.10. The molecule has 0 saturated heterocycles. The van der Waals surface area contributed by atoms with Crippen molar-refractivity contribution >= 4 is 28.6 Å². The lowest BCUT2D eigenvalue weighted by atomic mass is 10.0. The first-order chi connectivity index (χ1) is 24.3. The van der Waals surface area contributed by atoms with Crippen LogP contribution in [0, 0.1) is 0 Å². The monoisotopic (exact) mass is 674 g/mol. The van der Waals surface area contributed by atoms with E-state index in [1.165, 1.54) is 0 Å². The first kappa shape index (κ1) is 35.9. The van der Waals surface area contributed by atoms with E-state index < -0.39 is 5.97 Å². The fourth-order valence-electron chi connectivity index (χ4n) is 5.99. The summed E-state index contributed by atoms with van der Waals surface area (Å²) < 4.78 is 7.95. The molecule has 2 amide bonds. The number of unbranched alkanes of at least 4 members (excludes halogenated alkanes) is 1. The first-order valence-electron chi connectivity index (χ1n) is 17.5. The van der Waals surface area contributed by atoms with Crippen LogP contribution in [0.15, 0.2) is 95.8 Å². The van der Waals surface area contributed by atoms with Crippen molar-refractivity contribution in [2.75, 3.05) is 11.9 Å². The molecule has 0 atom stereocenters. The third-order valence-corrected chi connectivity index (χ3v) is 8.62. The van der Waals surface area contributed by atoms with Gasteiger partial charge < -0.3 is 20.1 Å². The summed E-state index contributed by atoms with van der Waals surface area (Å²) in [6.45, 7) is 8.04. The van der Waals surface area contributed by atoms with Gasteiger partial charge >= 0.3 is 12.0 Å². The third kappa shape index (κ3) is 9.16. The van der Waals surface area contributed by atoms with E-state index in [1.807, 2.05) is 61.5 Å². The van der Waals surface area contributed by atoms with Crippen LogP contribution in [0.5, 0.6) is 5.75 Å². The number of fused-ring (bicyclic) bond motifs is 1. The van der Waals surface area contributed by atoms with Crippen molar-refractivity contribution in [2.45, 2.75) is 79.0 Å². The number of aromatic carboxylic acids is 1. The van der Waals surface area contributed by atoms with Gasteiger partial charge in [0, 0.05) is 25.2 Å². The number of benzene rings is 4. The zero-order chi connectivity index (χ0) is 35.5. The number of amides is 2. The highest BCUT2D eigenvalue weighted by atomic mass is 16.5. The Balaban J connectivity index is 1.40. The lowest BCUT2D eigenvalue weighted by molar-refractivity contribution is 0.0696. The molecule has 0 spiro atoms. The summed E-state index contributed by atoms with van der Waals surface area (Å²) in [6, 6.07) is 27.7. The Bertz CT molecular complexity index is 1970. The van der Waals surface area contributed by atoms with Gasteiger partial charge in [-0.15, -0.1) is 0 Å². The Labute approximate surface area is 293 Å². The fourth-order valence-corrected chi connectivity index (χ4v) is 5.99. The molecule has 0 aliphatic heterocycles. The summed E-state index contributed by atoms with van der Waals surface area (Å²) in [7, 11) is 0. The van der Waals surface area contributed by atoms with Gasteiger partial charge in [0.05, 0.1) is 23.0 Å². The van der Waals surface area contributed by atoms with E-state index in [1.54, 1.807) is 39.8 Å². The lowest BCUT2D eigenvalue weighted by Crippen LogP contribution is -2.35. The van der Waals surface area contributed by atoms with E-state index in [2.05, 4.69) is 25.2 Å². The number of nitrogens with zero attached hydrogens (tertiary/aromatic N) is 3. The average molecular weight is 675 g/mol. The molecule has 0 saturated carbocycles. The van der Waals surface area contributed by atoms with Gasteiger partial charge in [-0.1, -0.05) is 88.2 Å². The Morgan fingerprint density at radius 3 is 2.30 bits per heavy atom.